The van der Waals surface area contributed by atoms with Gasteiger partial charge in [-0.25, -0.2) is 5.01 Å². The van der Waals surface area contributed by atoms with Gasteiger partial charge >= 0.3 is 0 Å². The molecule has 140 valence electrons. The van der Waals surface area contributed by atoms with Crippen LogP contribution in [0.2, 0.25) is 0 Å². The number of rotatable bonds is 6. The first kappa shape index (κ1) is 18.8. The Labute approximate surface area is 159 Å². The smallest absolute Gasteiger partial charge is 0.297 e. The van der Waals surface area contributed by atoms with Gasteiger partial charge in [0.2, 0.25) is 0 Å². The summed E-state index contributed by atoms with van der Waals surface area (Å²) in [6, 6.07) is 17.5. The third-order valence-corrected chi connectivity index (χ3v) is 4.45. The summed E-state index contributed by atoms with van der Waals surface area (Å²) >= 11 is 0. The average Bonchev–Trinajstić information content (AvgIpc) is 3.14. The fraction of sp³-hybridized carbons (Fsp3) is 0.286. The summed E-state index contributed by atoms with van der Waals surface area (Å²) in [6.07, 6.45) is 0.753. The summed E-state index contributed by atoms with van der Waals surface area (Å²) in [7, 11) is 1.84. The first-order chi connectivity index (χ1) is 13.0. The highest BCUT2D eigenvalue weighted by molar-refractivity contribution is 6.02. The van der Waals surface area contributed by atoms with Crippen molar-refractivity contribution >= 4 is 23.2 Å². The number of anilines is 1. The molecule has 0 saturated carbocycles. The second-order valence-electron chi connectivity index (χ2n) is 6.90. The zero-order valence-electron chi connectivity index (χ0n) is 15.7. The van der Waals surface area contributed by atoms with E-state index in [-0.39, 0.29) is 24.9 Å². The largest absolute Gasteiger partial charge is 0.322 e. The van der Waals surface area contributed by atoms with Crippen LogP contribution in [-0.2, 0) is 9.59 Å². The molecule has 1 aliphatic heterocycles. The standard InChI is InChI=1S/C21H24N4O2/c1-16-8-10-18(11-9-16)22-20(26)14-24(2)15-21(27)25-13-12-19(23-25)17-6-4-3-5-7-17/h3-11H,12-15H2,1-2H3,(H,22,26)/p+1. The van der Waals surface area contributed by atoms with Gasteiger partial charge in [-0.05, 0) is 24.6 Å². The minimum Gasteiger partial charge on any atom is -0.322 e. The molecule has 1 heterocycles. The van der Waals surface area contributed by atoms with Crippen LogP contribution in [0.25, 0.3) is 0 Å². The second-order valence-corrected chi connectivity index (χ2v) is 6.90. The predicted molar refractivity (Wildman–Crippen MR) is 106 cm³/mol. The van der Waals surface area contributed by atoms with E-state index in [1.165, 1.54) is 5.01 Å². The molecular weight excluding hydrogens is 340 g/mol. The van der Waals surface area contributed by atoms with Gasteiger partial charge in [0, 0.05) is 12.1 Å². The van der Waals surface area contributed by atoms with E-state index in [4.69, 9.17) is 0 Å². The van der Waals surface area contributed by atoms with Gasteiger partial charge in [0.1, 0.15) is 0 Å². The number of amides is 2. The zero-order valence-corrected chi connectivity index (χ0v) is 15.7. The molecular formula is C21H25N4O2+. The van der Waals surface area contributed by atoms with Gasteiger partial charge in [-0.3, -0.25) is 9.59 Å². The Hall–Kier alpha value is -2.99. The van der Waals surface area contributed by atoms with Crippen molar-refractivity contribution in [1.29, 1.82) is 0 Å². The van der Waals surface area contributed by atoms with Gasteiger partial charge in [0.15, 0.2) is 13.1 Å². The van der Waals surface area contributed by atoms with Crippen LogP contribution in [0.1, 0.15) is 17.5 Å². The normalized spacial score (nSPS) is 14.6. The quantitative estimate of drug-likeness (QED) is 0.805. The Morgan fingerprint density at radius 3 is 2.48 bits per heavy atom. The summed E-state index contributed by atoms with van der Waals surface area (Å²) in [6.45, 7) is 3.04. The molecule has 2 aromatic rings. The fourth-order valence-electron chi connectivity index (χ4n) is 3.00. The molecule has 6 nitrogen and oxygen atoms in total. The van der Waals surface area contributed by atoms with E-state index in [0.717, 1.165) is 33.8 Å². The molecule has 2 aromatic carbocycles. The van der Waals surface area contributed by atoms with Gasteiger partial charge in [0.05, 0.1) is 19.3 Å². The molecule has 1 atom stereocenters. The third kappa shape index (κ3) is 5.24. The molecule has 3 rings (SSSR count). The van der Waals surface area contributed by atoms with E-state index in [1.807, 2.05) is 68.6 Å². The van der Waals surface area contributed by atoms with Gasteiger partial charge in [-0.1, -0.05) is 48.0 Å². The summed E-state index contributed by atoms with van der Waals surface area (Å²) < 4.78 is 0. The van der Waals surface area contributed by atoms with E-state index < -0.39 is 0 Å². The van der Waals surface area contributed by atoms with Crippen molar-refractivity contribution in [2.45, 2.75) is 13.3 Å². The molecule has 0 saturated heterocycles. The number of carbonyl (C=O) groups excluding carboxylic acids is 2. The van der Waals surface area contributed by atoms with Crippen LogP contribution in [0.3, 0.4) is 0 Å². The molecule has 0 fully saturated rings. The molecule has 1 unspecified atom stereocenters. The highest BCUT2D eigenvalue weighted by atomic mass is 16.2. The number of hydrogen-bond acceptors (Lipinski definition) is 3. The summed E-state index contributed by atoms with van der Waals surface area (Å²) in [4.78, 5) is 25.5. The Bertz CT molecular complexity index is 831. The lowest BCUT2D eigenvalue weighted by atomic mass is 10.1. The van der Waals surface area contributed by atoms with Crippen LogP contribution in [0.4, 0.5) is 5.69 Å². The summed E-state index contributed by atoms with van der Waals surface area (Å²) in [5.74, 6) is -0.180. The first-order valence-corrected chi connectivity index (χ1v) is 9.12. The van der Waals surface area contributed by atoms with Gasteiger partial charge in [-0.15, -0.1) is 0 Å². The van der Waals surface area contributed by atoms with Crippen molar-refractivity contribution in [1.82, 2.24) is 5.01 Å². The van der Waals surface area contributed by atoms with Crippen molar-refractivity contribution in [3.05, 3.63) is 65.7 Å². The number of likely N-dealkylation sites (N-methyl/N-ethyl adjacent to an activating group) is 1. The second kappa shape index (κ2) is 8.60. The topological polar surface area (TPSA) is 66.2 Å². The zero-order chi connectivity index (χ0) is 19.2. The molecule has 0 radical (unpaired) electrons. The highest BCUT2D eigenvalue weighted by Crippen LogP contribution is 2.13. The van der Waals surface area contributed by atoms with Crippen LogP contribution >= 0.6 is 0 Å². The highest BCUT2D eigenvalue weighted by Gasteiger charge is 2.24. The molecule has 0 aromatic heterocycles. The Balaban J connectivity index is 1.49. The fourth-order valence-corrected chi connectivity index (χ4v) is 3.00. The number of hydrogen-bond donors (Lipinski definition) is 2. The number of nitrogens with one attached hydrogen (secondary N) is 2. The number of benzene rings is 2. The van der Waals surface area contributed by atoms with Crippen LogP contribution < -0.4 is 10.2 Å². The van der Waals surface area contributed by atoms with Crippen molar-refractivity contribution in [2.24, 2.45) is 5.10 Å². The molecule has 0 aliphatic carbocycles. The predicted octanol–water partition coefficient (Wildman–Crippen LogP) is 1.08. The monoisotopic (exact) mass is 365 g/mol. The molecule has 1 aliphatic rings. The van der Waals surface area contributed by atoms with Crippen LogP contribution in [0.5, 0.6) is 0 Å². The molecule has 2 amide bonds. The van der Waals surface area contributed by atoms with Gasteiger partial charge in [-0.2, -0.15) is 5.10 Å². The lowest BCUT2D eigenvalue weighted by molar-refractivity contribution is -0.862. The maximum Gasteiger partial charge on any atom is 0.297 e. The van der Waals surface area contributed by atoms with E-state index in [2.05, 4.69) is 10.4 Å². The molecule has 6 heteroatoms. The van der Waals surface area contributed by atoms with E-state index in [1.54, 1.807) is 0 Å². The van der Waals surface area contributed by atoms with Crippen LogP contribution in [-0.4, -0.2) is 49.2 Å². The van der Waals surface area contributed by atoms with Gasteiger partial charge in [0.25, 0.3) is 11.8 Å². The summed E-state index contributed by atoms with van der Waals surface area (Å²) in [5, 5.41) is 8.83. The maximum atomic E-state index is 12.5. The lowest BCUT2D eigenvalue weighted by Crippen LogP contribution is -3.11. The Morgan fingerprint density at radius 1 is 1.07 bits per heavy atom. The van der Waals surface area contributed by atoms with Crippen molar-refractivity contribution < 1.29 is 14.5 Å². The number of aryl methyl sites for hydroxylation is 1. The maximum absolute atomic E-state index is 12.5. The van der Waals surface area contributed by atoms with Crippen molar-refractivity contribution in [3.63, 3.8) is 0 Å². The molecule has 0 bridgehead atoms. The van der Waals surface area contributed by atoms with Crippen LogP contribution in [0.15, 0.2) is 59.7 Å². The van der Waals surface area contributed by atoms with E-state index >= 15 is 0 Å². The van der Waals surface area contributed by atoms with Crippen molar-refractivity contribution in [3.8, 4) is 0 Å². The van der Waals surface area contributed by atoms with Gasteiger partial charge < -0.3 is 10.2 Å². The molecule has 0 spiro atoms. The van der Waals surface area contributed by atoms with Crippen molar-refractivity contribution in [2.75, 3.05) is 32.0 Å². The Kier molecular flexibility index (Phi) is 5.98. The minimum atomic E-state index is -0.112. The number of carbonyl (C=O) groups is 2. The average molecular weight is 365 g/mol. The van der Waals surface area contributed by atoms with Crippen LogP contribution in [0, 0.1) is 6.92 Å². The first-order valence-electron chi connectivity index (χ1n) is 9.12. The van der Waals surface area contributed by atoms with E-state index in [0.29, 0.717) is 6.54 Å². The van der Waals surface area contributed by atoms with E-state index in [9.17, 15) is 9.59 Å². The lowest BCUT2D eigenvalue weighted by Gasteiger charge is -2.16. The Morgan fingerprint density at radius 2 is 1.78 bits per heavy atom. The third-order valence-electron chi connectivity index (χ3n) is 4.45. The molecule has 2 N–H and O–H groups in total. The molecule has 27 heavy (non-hydrogen) atoms. The number of hydrazone groups is 1. The number of quaternary nitrogens is 1. The summed E-state index contributed by atoms with van der Waals surface area (Å²) in [5.41, 5.74) is 3.88. The SMILES string of the molecule is Cc1ccc(NC(=O)C[NH+](C)CC(=O)N2CCC(c3ccccc3)=N2)cc1. The number of nitrogens with zero attached hydrogens (tertiary/aromatic N) is 2. The minimum absolute atomic E-state index is 0.0680.